The first-order valence-corrected chi connectivity index (χ1v) is 6.74. The van der Waals surface area contributed by atoms with Gasteiger partial charge in [-0.15, -0.1) is 0 Å². The third-order valence-corrected chi connectivity index (χ3v) is 3.19. The van der Waals surface area contributed by atoms with E-state index in [2.05, 4.69) is 0 Å². The Balaban J connectivity index is 2.07. The molecule has 2 aromatic rings. The molecule has 0 saturated heterocycles. The fraction of sp³-hybridized carbons (Fsp3) is 0.176. The van der Waals surface area contributed by atoms with Crippen LogP contribution in [0.5, 0.6) is 5.75 Å². The number of ether oxygens (including phenoxy) is 1. The third-order valence-electron chi connectivity index (χ3n) is 3.19. The molecule has 114 valence electrons. The van der Waals surface area contributed by atoms with Crippen molar-refractivity contribution in [2.24, 2.45) is 0 Å². The van der Waals surface area contributed by atoms with Gasteiger partial charge in [0.2, 0.25) is 0 Å². The molecular weight excluding hydrogens is 285 g/mol. The highest BCUT2D eigenvalue weighted by Crippen LogP contribution is 2.20. The molecule has 0 aliphatic heterocycles. The normalized spacial score (nSPS) is 10.1. The third kappa shape index (κ3) is 3.69. The molecule has 0 spiro atoms. The smallest absolute Gasteiger partial charge is 0.264 e. The Labute approximate surface area is 128 Å². The van der Waals surface area contributed by atoms with Gasteiger partial charge in [0.05, 0.1) is 5.56 Å². The average Bonchev–Trinajstić information content (AvgIpc) is 2.53. The number of benzene rings is 2. The molecule has 22 heavy (non-hydrogen) atoms. The molecule has 2 aromatic carbocycles. The SMILES string of the molecule is CC(=O)c1cc(F)ccc1OCC(=O)N(C)c1ccccc1. The maximum Gasteiger partial charge on any atom is 0.264 e. The first kappa shape index (κ1) is 15.7. The standard InChI is InChI=1S/C17H16FNO3/c1-12(20)15-10-13(18)8-9-16(15)22-11-17(21)19(2)14-6-4-3-5-7-14/h3-10H,11H2,1-2H3. The summed E-state index contributed by atoms with van der Waals surface area (Å²) in [5, 5.41) is 0. The summed E-state index contributed by atoms with van der Waals surface area (Å²) in [4.78, 5) is 25.0. The summed E-state index contributed by atoms with van der Waals surface area (Å²) in [6.45, 7) is 1.08. The Morgan fingerprint density at radius 1 is 1.14 bits per heavy atom. The van der Waals surface area contributed by atoms with Gasteiger partial charge in [0.25, 0.3) is 5.91 Å². The van der Waals surface area contributed by atoms with Crippen molar-refractivity contribution >= 4 is 17.4 Å². The van der Waals surface area contributed by atoms with Crippen LogP contribution >= 0.6 is 0 Å². The monoisotopic (exact) mass is 301 g/mol. The zero-order valence-electron chi connectivity index (χ0n) is 12.4. The summed E-state index contributed by atoms with van der Waals surface area (Å²) < 4.78 is 18.6. The topological polar surface area (TPSA) is 46.6 Å². The maximum absolute atomic E-state index is 13.2. The van der Waals surface area contributed by atoms with Crippen LogP contribution in [0.3, 0.4) is 0 Å². The van der Waals surface area contributed by atoms with Crippen LogP contribution in [0.2, 0.25) is 0 Å². The molecular formula is C17H16FNO3. The van der Waals surface area contributed by atoms with Crippen LogP contribution in [0.25, 0.3) is 0 Å². The lowest BCUT2D eigenvalue weighted by Gasteiger charge is -2.18. The van der Waals surface area contributed by atoms with Crippen molar-refractivity contribution in [1.29, 1.82) is 0 Å². The second-order valence-electron chi connectivity index (χ2n) is 4.77. The van der Waals surface area contributed by atoms with Gasteiger partial charge in [-0.3, -0.25) is 9.59 Å². The Hall–Kier alpha value is -2.69. The van der Waals surface area contributed by atoms with E-state index >= 15 is 0 Å². The number of Topliss-reactive ketones (excluding diaryl/α,β-unsaturated/α-hetero) is 1. The van der Waals surface area contributed by atoms with Crippen molar-refractivity contribution < 1.29 is 18.7 Å². The molecule has 0 aromatic heterocycles. The van der Waals surface area contributed by atoms with Crippen LogP contribution in [-0.2, 0) is 4.79 Å². The summed E-state index contributed by atoms with van der Waals surface area (Å²) >= 11 is 0. The van der Waals surface area contributed by atoms with E-state index in [1.807, 2.05) is 18.2 Å². The number of hydrogen-bond donors (Lipinski definition) is 0. The largest absolute Gasteiger partial charge is 0.483 e. The molecule has 0 aliphatic rings. The predicted octanol–water partition coefficient (Wildman–Crippen LogP) is 3.07. The number of nitrogens with zero attached hydrogens (tertiary/aromatic N) is 1. The highest BCUT2D eigenvalue weighted by molar-refractivity contribution is 5.97. The number of halogens is 1. The predicted molar refractivity (Wildman–Crippen MR) is 81.8 cm³/mol. The van der Waals surface area contributed by atoms with Crippen molar-refractivity contribution in [3.05, 3.63) is 59.9 Å². The molecule has 5 heteroatoms. The van der Waals surface area contributed by atoms with E-state index in [4.69, 9.17) is 4.74 Å². The molecule has 0 radical (unpaired) electrons. The molecule has 0 N–H and O–H groups in total. The number of carbonyl (C=O) groups excluding carboxylic acids is 2. The van der Waals surface area contributed by atoms with E-state index in [0.29, 0.717) is 0 Å². The Morgan fingerprint density at radius 3 is 2.45 bits per heavy atom. The highest BCUT2D eigenvalue weighted by Gasteiger charge is 2.14. The molecule has 1 amide bonds. The maximum atomic E-state index is 13.2. The van der Waals surface area contributed by atoms with E-state index < -0.39 is 5.82 Å². The summed E-state index contributed by atoms with van der Waals surface area (Å²) in [5.74, 6) is -0.919. The van der Waals surface area contributed by atoms with Gasteiger partial charge in [-0.05, 0) is 37.3 Å². The van der Waals surface area contributed by atoms with Crippen molar-refractivity contribution in [2.75, 3.05) is 18.6 Å². The van der Waals surface area contributed by atoms with E-state index in [0.717, 1.165) is 11.8 Å². The van der Waals surface area contributed by atoms with Crippen LogP contribution in [0, 0.1) is 5.82 Å². The van der Waals surface area contributed by atoms with Gasteiger partial charge in [0, 0.05) is 12.7 Å². The van der Waals surface area contributed by atoms with Crippen molar-refractivity contribution in [3.8, 4) is 5.75 Å². The van der Waals surface area contributed by atoms with Gasteiger partial charge in [0.1, 0.15) is 11.6 Å². The van der Waals surface area contributed by atoms with Crippen LogP contribution in [0.1, 0.15) is 17.3 Å². The summed E-state index contributed by atoms with van der Waals surface area (Å²) in [7, 11) is 1.64. The van der Waals surface area contributed by atoms with E-state index in [9.17, 15) is 14.0 Å². The number of ketones is 1. The van der Waals surface area contributed by atoms with Crippen molar-refractivity contribution in [3.63, 3.8) is 0 Å². The minimum absolute atomic E-state index is 0.121. The van der Waals surface area contributed by atoms with Crippen molar-refractivity contribution in [2.45, 2.75) is 6.92 Å². The lowest BCUT2D eigenvalue weighted by atomic mass is 10.1. The van der Waals surface area contributed by atoms with Gasteiger partial charge in [-0.1, -0.05) is 18.2 Å². The summed E-state index contributed by atoms with van der Waals surface area (Å²) in [5.41, 5.74) is 0.858. The molecule has 0 heterocycles. The van der Waals surface area contributed by atoms with Gasteiger partial charge in [0.15, 0.2) is 12.4 Å². The number of likely N-dealkylation sites (N-methyl/N-ethyl adjacent to an activating group) is 1. The zero-order chi connectivity index (χ0) is 16.1. The molecule has 0 aliphatic carbocycles. The van der Waals surface area contributed by atoms with E-state index in [1.165, 1.54) is 24.0 Å². The number of rotatable bonds is 5. The average molecular weight is 301 g/mol. The summed E-state index contributed by atoms with van der Waals surface area (Å²) in [6, 6.07) is 12.8. The Bertz CT molecular complexity index is 686. The first-order valence-electron chi connectivity index (χ1n) is 6.74. The number of amides is 1. The fourth-order valence-corrected chi connectivity index (χ4v) is 1.94. The summed E-state index contributed by atoms with van der Waals surface area (Å²) in [6.07, 6.45) is 0. The first-order chi connectivity index (χ1) is 10.5. The van der Waals surface area contributed by atoms with Crippen molar-refractivity contribution in [1.82, 2.24) is 0 Å². The van der Waals surface area contributed by atoms with Gasteiger partial charge >= 0.3 is 0 Å². The van der Waals surface area contributed by atoms with E-state index in [1.54, 1.807) is 19.2 Å². The van der Waals surface area contributed by atoms with Gasteiger partial charge in [-0.25, -0.2) is 4.39 Å². The van der Waals surface area contributed by atoms with Gasteiger partial charge < -0.3 is 9.64 Å². The quantitative estimate of drug-likeness (QED) is 0.797. The number of hydrogen-bond acceptors (Lipinski definition) is 3. The molecule has 0 bridgehead atoms. The second-order valence-corrected chi connectivity index (χ2v) is 4.77. The number of para-hydroxylation sites is 1. The molecule has 0 saturated carbocycles. The molecule has 0 atom stereocenters. The Morgan fingerprint density at radius 2 is 1.82 bits per heavy atom. The zero-order valence-corrected chi connectivity index (χ0v) is 12.4. The second kappa shape index (κ2) is 6.85. The minimum atomic E-state index is -0.523. The lowest BCUT2D eigenvalue weighted by molar-refractivity contribution is -0.120. The molecule has 0 unspecified atom stereocenters. The van der Waals surface area contributed by atoms with Gasteiger partial charge in [-0.2, -0.15) is 0 Å². The fourth-order valence-electron chi connectivity index (χ4n) is 1.94. The minimum Gasteiger partial charge on any atom is -0.483 e. The molecule has 4 nitrogen and oxygen atoms in total. The Kier molecular flexibility index (Phi) is 4.88. The number of anilines is 1. The van der Waals surface area contributed by atoms with Crippen LogP contribution < -0.4 is 9.64 Å². The highest BCUT2D eigenvalue weighted by atomic mass is 19.1. The van der Waals surface area contributed by atoms with Crippen LogP contribution in [0.15, 0.2) is 48.5 Å². The lowest BCUT2D eigenvalue weighted by Crippen LogP contribution is -2.31. The number of carbonyl (C=O) groups is 2. The van der Waals surface area contributed by atoms with Crippen LogP contribution in [0.4, 0.5) is 10.1 Å². The van der Waals surface area contributed by atoms with Crippen LogP contribution in [-0.4, -0.2) is 25.3 Å². The molecule has 2 rings (SSSR count). The van der Waals surface area contributed by atoms with E-state index in [-0.39, 0.29) is 29.6 Å². The molecule has 0 fully saturated rings.